The summed E-state index contributed by atoms with van der Waals surface area (Å²) < 4.78 is 5.78. The second-order valence-electron chi connectivity index (χ2n) is 6.30. The second kappa shape index (κ2) is 8.12. The van der Waals surface area contributed by atoms with E-state index in [1.807, 2.05) is 11.0 Å². The Labute approximate surface area is 149 Å². The van der Waals surface area contributed by atoms with E-state index in [0.717, 1.165) is 25.1 Å². The molecule has 132 valence electrons. The number of aryl methyl sites for hydroxylation is 1. The summed E-state index contributed by atoms with van der Waals surface area (Å²) in [5.74, 6) is 0.622. The number of nitrogens with zero attached hydrogens (tertiary/aromatic N) is 2. The van der Waals surface area contributed by atoms with E-state index in [-0.39, 0.29) is 11.9 Å². The fraction of sp³-hybridized carbons (Fsp3) is 0.400. The van der Waals surface area contributed by atoms with E-state index in [9.17, 15) is 4.79 Å². The van der Waals surface area contributed by atoms with Crippen molar-refractivity contribution in [3.63, 3.8) is 0 Å². The molecule has 5 nitrogen and oxygen atoms in total. The zero-order valence-corrected chi connectivity index (χ0v) is 14.8. The number of rotatable bonds is 5. The summed E-state index contributed by atoms with van der Waals surface area (Å²) >= 11 is 0. The highest BCUT2D eigenvalue weighted by atomic mass is 16.5. The summed E-state index contributed by atoms with van der Waals surface area (Å²) in [6, 6.07) is 12.2. The number of hydrogen-bond acceptors (Lipinski definition) is 4. The highest BCUT2D eigenvalue weighted by Crippen LogP contribution is 2.24. The summed E-state index contributed by atoms with van der Waals surface area (Å²) in [5, 5.41) is 3.39. The quantitative estimate of drug-likeness (QED) is 0.910. The third kappa shape index (κ3) is 4.17. The van der Waals surface area contributed by atoms with Crippen LogP contribution in [0.15, 0.2) is 48.8 Å². The van der Waals surface area contributed by atoms with Gasteiger partial charge in [-0.05, 0) is 36.6 Å². The standard InChI is InChI=1S/C20H25N3O2/c1-3-16-6-8-17(9-7-16)19-14-22-11-12-23(19)20(24)15(2)25-18-5-4-10-21-13-18/h4-10,13,15,19,22H,3,11-12,14H2,1-2H3. The first-order valence-corrected chi connectivity index (χ1v) is 8.85. The number of ether oxygens (including phenoxy) is 1. The molecule has 2 atom stereocenters. The number of carbonyl (C=O) groups excluding carboxylic acids is 1. The number of pyridine rings is 1. The molecule has 1 amide bonds. The van der Waals surface area contributed by atoms with Crippen LogP contribution in [0.25, 0.3) is 0 Å². The van der Waals surface area contributed by atoms with Crippen LogP contribution in [0, 0.1) is 0 Å². The molecule has 1 saturated heterocycles. The fourth-order valence-corrected chi connectivity index (χ4v) is 3.15. The molecule has 1 aliphatic rings. The normalized spacial score (nSPS) is 18.6. The highest BCUT2D eigenvalue weighted by molar-refractivity contribution is 5.81. The van der Waals surface area contributed by atoms with Crippen LogP contribution in [0.3, 0.4) is 0 Å². The van der Waals surface area contributed by atoms with E-state index < -0.39 is 6.10 Å². The van der Waals surface area contributed by atoms with Gasteiger partial charge in [0, 0.05) is 25.8 Å². The van der Waals surface area contributed by atoms with Gasteiger partial charge in [0.2, 0.25) is 0 Å². The monoisotopic (exact) mass is 339 g/mol. The number of piperazine rings is 1. The van der Waals surface area contributed by atoms with E-state index >= 15 is 0 Å². The maximum atomic E-state index is 13.0. The molecule has 0 bridgehead atoms. The van der Waals surface area contributed by atoms with Gasteiger partial charge in [0.05, 0.1) is 12.2 Å². The molecule has 5 heteroatoms. The molecule has 1 aromatic carbocycles. The number of hydrogen-bond donors (Lipinski definition) is 1. The minimum Gasteiger partial charge on any atom is -0.479 e. The summed E-state index contributed by atoms with van der Waals surface area (Å²) in [7, 11) is 0. The SMILES string of the molecule is CCc1ccc(C2CNCCN2C(=O)C(C)Oc2cccnc2)cc1. The number of amides is 1. The molecule has 0 aliphatic carbocycles. The Morgan fingerprint density at radius 1 is 1.36 bits per heavy atom. The van der Waals surface area contributed by atoms with Crippen LogP contribution >= 0.6 is 0 Å². The lowest BCUT2D eigenvalue weighted by Gasteiger charge is -2.38. The van der Waals surface area contributed by atoms with Gasteiger partial charge in [0.1, 0.15) is 5.75 Å². The maximum Gasteiger partial charge on any atom is 0.263 e. The van der Waals surface area contributed by atoms with Crippen LogP contribution < -0.4 is 10.1 Å². The van der Waals surface area contributed by atoms with E-state index in [1.54, 1.807) is 25.4 Å². The van der Waals surface area contributed by atoms with Crippen molar-refractivity contribution in [3.8, 4) is 5.75 Å². The predicted octanol–water partition coefficient (Wildman–Crippen LogP) is 2.58. The Bertz CT molecular complexity index is 688. The van der Waals surface area contributed by atoms with Gasteiger partial charge in [-0.2, -0.15) is 0 Å². The minimum absolute atomic E-state index is 0.00919. The van der Waals surface area contributed by atoms with E-state index in [4.69, 9.17) is 4.74 Å². The van der Waals surface area contributed by atoms with Crippen molar-refractivity contribution in [1.29, 1.82) is 0 Å². The molecule has 1 N–H and O–H groups in total. The Hall–Kier alpha value is -2.40. The smallest absolute Gasteiger partial charge is 0.263 e. The number of benzene rings is 1. The number of nitrogens with one attached hydrogen (secondary N) is 1. The first-order chi connectivity index (χ1) is 12.2. The zero-order chi connectivity index (χ0) is 17.6. The van der Waals surface area contributed by atoms with Crippen LogP contribution in [-0.2, 0) is 11.2 Å². The zero-order valence-electron chi connectivity index (χ0n) is 14.8. The molecule has 0 radical (unpaired) electrons. The Morgan fingerprint density at radius 3 is 2.84 bits per heavy atom. The molecule has 2 heterocycles. The van der Waals surface area contributed by atoms with Crippen molar-refractivity contribution in [2.75, 3.05) is 19.6 Å². The van der Waals surface area contributed by atoms with E-state index in [1.165, 1.54) is 5.56 Å². The lowest BCUT2D eigenvalue weighted by molar-refractivity contribution is -0.141. The van der Waals surface area contributed by atoms with Crippen LogP contribution in [-0.4, -0.2) is 41.5 Å². The Kier molecular flexibility index (Phi) is 5.66. The van der Waals surface area contributed by atoms with Gasteiger partial charge < -0.3 is 15.0 Å². The molecule has 3 rings (SSSR count). The van der Waals surface area contributed by atoms with Crippen molar-refractivity contribution in [3.05, 3.63) is 59.9 Å². The maximum absolute atomic E-state index is 13.0. The topological polar surface area (TPSA) is 54.5 Å². The summed E-state index contributed by atoms with van der Waals surface area (Å²) in [4.78, 5) is 18.9. The second-order valence-corrected chi connectivity index (χ2v) is 6.30. The molecule has 0 saturated carbocycles. The Balaban J connectivity index is 1.73. The van der Waals surface area contributed by atoms with Crippen molar-refractivity contribution in [1.82, 2.24) is 15.2 Å². The summed E-state index contributed by atoms with van der Waals surface area (Å²) in [6.07, 6.45) is 3.79. The first-order valence-electron chi connectivity index (χ1n) is 8.85. The number of carbonyl (C=O) groups is 1. The van der Waals surface area contributed by atoms with Crippen LogP contribution in [0.2, 0.25) is 0 Å². The highest BCUT2D eigenvalue weighted by Gasteiger charge is 2.31. The lowest BCUT2D eigenvalue weighted by Crippen LogP contribution is -2.52. The summed E-state index contributed by atoms with van der Waals surface area (Å²) in [5.41, 5.74) is 2.46. The predicted molar refractivity (Wildman–Crippen MR) is 97.5 cm³/mol. The number of aromatic nitrogens is 1. The van der Waals surface area contributed by atoms with E-state index in [0.29, 0.717) is 12.3 Å². The van der Waals surface area contributed by atoms with Gasteiger partial charge in [-0.3, -0.25) is 9.78 Å². The van der Waals surface area contributed by atoms with E-state index in [2.05, 4.69) is 41.5 Å². The van der Waals surface area contributed by atoms with Crippen molar-refractivity contribution >= 4 is 5.91 Å². The van der Waals surface area contributed by atoms with Crippen molar-refractivity contribution in [2.45, 2.75) is 32.4 Å². The molecule has 2 unspecified atom stereocenters. The summed E-state index contributed by atoms with van der Waals surface area (Å²) in [6.45, 7) is 6.19. The van der Waals surface area contributed by atoms with Gasteiger partial charge in [-0.25, -0.2) is 0 Å². The van der Waals surface area contributed by atoms with Gasteiger partial charge in [0.25, 0.3) is 5.91 Å². The molecule has 1 aromatic heterocycles. The van der Waals surface area contributed by atoms with Crippen LogP contribution in [0.5, 0.6) is 5.75 Å². The lowest BCUT2D eigenvalue weighted by atomic mass is 10.0. The molecular weight excluding hydrogens is 314 g/mol. The van der Waals surface area contributed by atoms with Crippen LogP contribution in [0.1, 0.15) is 31.0 Å². The molecule has 1 fully saturated rings. The van der Waals surface area contributed by atoms with Gasteiger partial charge >= 0.3 is 0 Å². The average molecular weight is 339 g/mol. The van der Waals surface area contributed by atoms with Gasteiger partial charge in [-0.1, -0.05) is 31.2 Å². The average Bonchev–Trinajstić information content (AvgIpc) is 2.68. The third-order valence-corrected chi connectivity index (χ3v) is 4.59. The fourth-order valence-electron chi connectivity index (χ4n) is 3.15. The molecule has 1 aliphatic heterocycles. The third-order valence-electron chi connectivity index (χ3n) is 4.59. The first kappa shape index (κ1) is 17.4. The van der Waals surface area contributed by atoms with Gasteiger partial charge in [-0.15, -0.1) is 0 Å². The minimum atomic E-state index is -0.542. The molecule has 25 heavy (non-hydrogen) atoms. The van der Waals surface area contributed by atoms with Crippen LogP contribution in [0.4, 0.5) is 0 Å². The van der Waals surface area contributed by atoms with Gasteiger partial charge in [0.15, 0.2) is 6.10 Å². The van der Waals surface area contributed by atoms with Crippen molar-refractivity contribution < 1.29 is 9.53 Å². The molecular formula is C20H25N3O2. The molecule has 0 spiro atoms. The molecule has 2 aromatic rings. The largest absolute Gasteiger partial charge is 0.479 e. The van der Waals surface area contributed by atoms with Crippen molar-refractivity contribution in [2.24, 2.45) is 0 Å². The Morgan fingerprint density at radius 2 is 2.16 bits per heavy atom.